The Hall–Kier alpha value is -2.18. The first-order valence-electron chi connectivity index (χ1n) is 5.04. The van der Waals surface area contributed by atoms with Gasteiger partial charge in [-0.05, 0) is 6.92 Å². The SMILES string of the molecule is CCOC(=O)CCn1ccc(=O)c([N+](=O)[O-])c1. The summed E-state index contributed by atoms with van der Waals surface area (Å²) >= 11 is 0. The Morgan fingerprint density at radius 1 is 1.59 bits per heavy atom. The van der Waals surface area contributed by atoms with Gasteiger partial charge in [0.25, 0.3) is 5.43 Å². The number of aryl methyl sites for hydroxylation is 1. The smallest absolute Gasteiger partial charge is 0.332 e. The second kappa shape index (κ2) is 5.78. The van der Waals surface area contributed by atoms with Crippen molar-refractivity contribution < 1.29 is 14.5 Å². The number of hydrogen-bond donors (Lipinski definition) is 0. The topological polar surface area (TPSA) is 91.4 Å². The van der Waals surface area contributed by atoms with Crippen LogP contribution in [-0.4, -0.2) is 22.1 Å². The van der Waals surface area contributed by atoms with Crippen LogP contribution in [0, 0.1) is 10.1 Å². The molecule has 1 heterocycles. The van der Waals surface area contributed by atoms with Crippen molar-refractivity contribution >= 4 is 11.7 Å². The number of pyridine rings is 1. The molecule has 7 nitrogen and oxygen atoms in total. The Kier molecular flexibility index (Phi) is 4.38. The number of rotatable bonds is 5. The summed E-state index contributed by atoms with van der Waals surface area (Å²) in [6.45, 7) is 2.23. The van der Waals surface area contributed by atoms with E-state index < -0.39 is 16.0 Å². The summed E-state index contributed by atoms with van der Waals surface area (Å²) in [4.78, 5) is 31.9. The number of carbonyl (C=O) groups is 1. The Morgan fingerprint density at radius 3 is 2.88 bits per heavy atom. The van der Waals surface area contributed by atoms with Crippen molar-refractivity contribution in [1.82, 2.24) is 4.57 Å². The fourth-order valence-electron chi connectivity index (χ4n) is 1.24. The van der Waals surface area contributed by atoms with E-state index in [1.807, 2.05) is 0 Å². The van der Waals surface area contributed by atoms with Crippen LogP contribution >= 0.6 is 0 Å². The van der Waals surface area contributed by atoms with Crippen molar-refractivity contribution in [2.45, 2.75) is 19.9 Å². The molecule has 92 valence electrons. The molecule has 1 aromatic rings. The molecular weight excluding hydrogens is 228 g/mol. The van der Waals surface area contributed by atoms with E-state index in [1.165, 1.54) is 10.8 Å². The summed E-state index contributed by atoms with van der Waals surface area (Å²) in [5.41, 5.74) is -1.15. The van der Waals surface area contributed by atoms with Crippen molar-refractivity contribution in [2.24, 2.45) is 0 Å². The van der Waals surface area contributed by atoms with Crippen LogP contribution in [0.25, 0.3) is 0 Å². The molecule has 0 N–H and O–H groups in total. The summed E-state index contributed by atoms with van der Waals surface area (Å²) in [7, 11) is 0. The van der Waals surface area contributed by atoms with Crippen molar-refractivity contribution in [2.75, 3.05) is 6.61 Å². The number of nitro groups is 1. The highest BCUT2D eigenvalue weighted by molar-refractivity contribution is 5.69. The first kappa shape index (κ1) is 12.9. The van der Waals surface area contributed by atoms with E-state index >= 15 is 0 Å². The third-order valence-electron chi connectivity index (χ3n) is 2.03. The second-order valence-corrected chi connectivity index (χ2v) is 3.24. The van der Waals surface area contributed by atoms with Crippen LogP contribution in [0.2, 0.25) is 0 Å². The van der Waals surface area contributed by atoms with Crippen LogP contribution in [-0.2, 0) is 16.1 Å². The zero-order chi connectivity index (χ0) is 12.8. The molecule has 7 heteroatoms. The predicted molar refractivity (Wildman–Crippen MR) is 58.6 cm³/mol. The minimum absolute atomic E-state index is 0.105. The Morgan fingerprint density at radius 2 is 2.29 bits per heavy atom. The Bertz CT molecular complexity index is 480. The molecule has 0 aromatic carbocycles. The fraction of sp³-hybridized carbons (Fsp3) is 0.400. The number of nitrogens with zero attached hydrogens (tertiary/aromatic N) is 2. The van der Waals surface area contributed by atoms with Crippen LogP contribution in [0.4, 0.5) is 5.69 Å². The zero-order valence-electron chi connectivity index (χ0n) is 9.29. The number of carbonyl (C=O) groups excluding carboxylic acids is 1. The maximum atomic E-state index is 11.1. The lowest BCUT2D eigenvalue weighted by atomic mass is 10.3. The van der Waals surface area contributed by atoms with Gasteiger partial charge < -0.3 is 9.30 Å². The summed E-state index contributed by atoms with van der Waals surface area (Å²) < 4.78 is 6.13. The minimum atomic E-state index is -0.747. The van der Waals surface area contributed by atoms with Crippen molar-refractivity contribution in [3.8, 4) is 0 Å². The number of esters is 1. The third-order valence-corrected chi connectivity index (χ3v) is 2.03. The van der Waals surface area contributed by atoms with Gasteiger partial charge in [0.15, 0.2) is 0 Å². The molecule has 0 amide bonds. The predicted octanol–water partition coefficient (Wildman–Crippen LogP) is 0.710. The van der Waals surface area contributed by atoms with Gasteiger partial charge >= 0.3 is 11.7 Å². The van der Waals surface area contributed by atoms with Crippen LogP contribution in [0.3, 0.4) is 0 Å². The second-order valence-electron chi connectivity index (χ2n) is 3.24. The lowest BCUT2D eigenvalue weighted by molar-refractivity contribution is -0.386. The van der Waals surface area contributed by atoms with Gasteiger partial charge in [0.05, 0.1) is 24.1 Å². The molecular formula is C10H12N2O5. The lowest BCUT2D eigenvalue weighted by Crippen LogP contribution is -2.13. The molecule has 1 rings (SSSR count). The van der Waals surface area contributed by atoms with Crippen LogP contribution in [0.15, 0.2) is 23.3 Å². The molecule has 0 fully saturated rings. The van der Waals surface area contributed by atoms with E-state index in [4.69, 9.17) is 4.74 Å². The van der Waals surface area contributed by atoms with E-state index in [2.05, 4.69) is 0 Å². The number of hydrogen-bond acceptors (Lipinski definition) is 5. The highest BCUT2D eigenvalue weighted by Gasteiger charge is 2.12. The molecule has 0 radical (unpaired) electrons. The summed E-state index contributed by atoms with van der Waals surface area (Å²) in [5.74, 6) is -0.381. The lowest BCUT2D eigenvalue weighted by Gasteiger charge is -2.05. The van der Waals surface area contributed by atoms with E-state index in [0.29, 0.717) is 6.61 Å². The molecule has 0 aliphatic rings. The van der Waals surface area contributed by atoms with Gasteiger partial charge in [0, 0.05) is 18.8 Å². The van der Waals surface area contributed by atoms with Gasteiger partial charge in [-0.15, -0.1) is 0 Å². The Labute approximate surface area is 96.8 Å². The molecule has 0 bridgehead atoms. The van der Waals surface area contributed by atoms with E-state index in [-0.39, 0.29) is 18.9 Å². The molecule has 0 aliphatic heterocycles. The monoisotopic (exact) mass is 240 g/mol. The van der Waals surface area contributed by atoms with Crippen LogP contribution in [0.1, 0.15) is 13.3 Å². The van der Waals surface area contributed by atoms with Crippen molar-refractivity contribution in [3.05, 3.63) is 38.8 Å². The van der Waals surface area contributed by atoms with Gasteiger partial charge in [-0.3, -0.25) is 19.7 Å². The average molecular weight is 240 g/mol. The molecule has 1 aromatic heterocycles. The maximum absolute atomic E-state index is 11.1. The number of aromatic nitrogens is 1. The highest BCUT2D eigenvalue weighted by atomic mass is 16.6. The molecule has 17 heavy (non-hydrogen) atoms. The fourth-order valence-corrected chi connectivity index (χ4v) is 1.24. The summed E-state index contributed by atoms with van der Waals surface area (Å²) in [6, 6.07) is 1.10. The third kappa shape index (κ3) is 3.71. The summed E-state index contributed by atoms with van der Waals surface area (Å²) in [5, 5.41) is 10.5. The normalized spacial score (nSPS) is 9.94. The molecule has 0 aliphatic carbocycles. The molecule has 0 saturated heterocycles. The Balaban J connectivity index is 2.73. The zero-order valence-corrected chi connectivity index (χ0v) is 9.29. The molecule has 0 atom stereocenters. The first-order chi connectivity index (χ1) is 8.04. The van der Waals surface area contributed by atoms with Crippen LogP contribution in [0.5, 0.6) is 0 Å². The minimum Gasteiger partial charge on any atom is -0.466 e. The summed E-state index contributed by atoms with van der Waals surface area (Å²) in [6.07, 6.45) is 2.62. The quantitative estimate of drug-likeness (QED) is 0.429. The van der Waals surface area contributed by atoms with E-state index in [9.17, 15) is 19.7 Å². The maximum Gasteiger partial charge on any atom is 0.332 e. The molecule has 0 spiro atoms. The average Bonchev–Trinajstić information content (AvgIpc) is 2.28. The largest absolute Gasteiger partial charge is 0.466 e. The molecule has 0 saturated carbocycles. The van der Waals surface area contributed by atoms with Crippen molar-refractivity contribution in [3.63, 3.8) is 0 Å². The van der Waals surface area contributed by atoms with E-state index in [1.54, 1.807) is 6.92 Å². The molecule has 0 unspecified atom stereocenters. The van der Waals surface area contributed by atoms with Gasteiger partial charge in [-0.1, -0.05) is 0 Å². The van der Waals surface area contributed by atoms with Gasteiger partial charge in [-0.25, -0.2) is 0 Å². The van der Waals surface area contributed by atoms with Gasteiger partial charge in [-0.2, -0.15) is 0 Å². The number of ether oxygens (including phenoxy) is 1. The van der Waals surface area contributed by atoms with Crippen LogP contribution < -0.4 is 5.43 Å². The standard InChI is InChI=1S/C10H12N2O5/c1-2-17-10(14)4-6-11-5-3-9(13)8(7-11)12(15)16/h3,5,7H,2,4,6H2,1H3. The highest BCUT2D eigenvalue weighted by Crippen LogP contribution is 2.03. The van der Waals surface area contributed by atoms with E-state index in [0.717, 1.165) is 12.3 Å². The van der Waals surface area contributed by atoms with Gasteiger partial charge in [0.2, 0.25) is 0 Å². The van der Waals surface area contributed by atoms with Gasteiger partial charge in [0.1, 0.15) is 0 Å². The first-order valence-corrected chi connectivity index (χ1v) is 5.04. The van der Waals surface area contributed by atoms with Crippen molar-refractivity contribution in [1.29, 1.82) is 0 Å².